The molecule has 5 nitrogen and oxygen atoms in total. The maximum absolute atomic E-state index is 12.2. The fraction of sp³-hybridized carbons (Fsp3) is 0.588. The number of anilines is 1. The van der Waals surface area contributed by atoms with E-state index in [-0.39, 0.29) is 5.91 Å². The molecule has 2 aliphatic carbocycles. The van der Waals surface area contributed by atoms with Crippen molar-refractivity contribution in [2.75, 3.05) is 11.9 Å². The van der Waals surface area contributed by atoms with Crippen molar-refractivity contribution in [3.8, 4) is 0 Å². The third kappa shape index (κ3) is 4.29. The largest absolute Gasteiger partial charge is 0.367 e. The van der Waals surface area contributed by atoms with Crippen LogP contribution < -0.4 is 10.6 Å². The summed E-state index contributed by atoms with van der Waals surface area (Å²) in [5, 5.41) is 6.29. The molecule has 0 atom stereocenters. The molecule has 118 valence electrons. The van der Waals surface area contributed by atoms with E-state index in [0.717, 1.165) is 12.2 Å². The lowest BCUT2D eigenvalue weighted by Gasteiger charge is -2.13. The first-order chi connectivity index (χ1) is 10.7. The Bertz CT molecular complexity index is 578. The number of rotatable bonds is 6. The molecule has 0 saturated heterocycles. The summed E-state index contributed by atoms with van der Waals surface area (Å²) in [4.78, 5) is 20.8. The Balaban J connectivity index is 1.54. The Morgan fingerprint density at radius 2 is 2.18 bits per heavy atom. The second-order valence-corrected chi connectivity index (χ2v) is 6.22. The lowest BCUT2D eigenvalue weighted by atomic mass is 9.97. The van der Waals surface area contributed by atoms with Crippen molar-refractivity contribution in [2.24, 2.45) is 0 Å². The molecule has 1 aromatic rings. The molecule has 1 heterocycles. The number of nitrogens with one attached hydrogen (secondary N) is 2. The van der Waals surface area contributed by atoms with Crippen molar-refractivity contribution in [3.05, 3.63) is 29.2 Å². The van der Waals surface area contributed by atoms with Gasteiger partial charge in [0.1, 0.15) is 17.3 Å². The predicted molar refractivity (Wildman–Crippen MR) is 86.9 cm³/mol. The van der Waals surface area contributed by atoms with E-state index in [2.05, 4.69) is 26.7 Å². The highest BCUT2D eigenvalue weighted by atomic mass is 16.1. The van der Waals surface area contributed by atoms with Gasteiger partial charge >= 0.3 is 0 Å². The Labute approximate surface area is 131 Å². The zero-order valence-corrected chi connectivity index (χ0v) is 13.2. The van der Waals surface area contributed by atoms with Crippen LogP contribution in [-0.4, -0.2) is 28.5 Å². The van der Waals surface area contributed by atoms with E-state index in [1.807, 2.05) is 6.92 Å². The van der Waals surface area contributed by atoms with Gasteiger partial charge < -0.3 is 10.6 Å². The molecule has 22 heavy (non-hydrogen) atoms. The van der Waals surface area contributed by atoms with Gasteiger partial charge in [0.15, 0.2) is 0 Å². The molecular formula is C17H24N4O. The normalized spacial score (nSPS) is 17.8. The van der Waals surface area contributed by atoms with Crippen LogP contribution in [0.3, 0.4) is 0 Å². The van der Waals surface area contributed by atoms with E-state index >= 15 is 0 Å². The summed E-state index contributed by atoms with van der Waals surface area (Å²) < 4.78 is 0. The second kappa shape index (κ2) is 6.90. The summed E-state index contributed by atoms with van der Waals surface area (Å²) >= 11 is 0. The zero-order valence-electron chi connectivity index (χ0n) is 13.2. The predicted octanol–water partition coefficient (Wildman–Crippen LogP) is 2.98. The fourth-order valence-corrected chi connectivity index (χ4v) is 2.75. The highest BCUT2D eigenvalue weighted by molar-refractivity contribution is 5.92. The Morgan fingerprint density at radius 1 is 1.32 bits per heavy atom. The molecule has 0 radical (unpaired) electrons. The molecular weight excluding hydrogens is 276 g/mol. The minimum atomic E-state index is -0.110. The highest BCUT2D eigenvalue weighted by Gasteiger charge is 2.22. The molecule has 0 aliphatic heterocycles. The van der Waals surface area contributed by atoms with Crippen molar-refractivity contribution in [2.45, 2.75) is 57.9 Å². The van der Waals surface area contributed by atoms with Crippen LogP contribution in [0.1, 0.15) is 61.3 Å². The summed E-state index contributed by atoms with van der Waals surface area (Å²) in [7, 11) is 0. The molecule has 1 saturated carbocycles. The highest BCUT2D eigenvalue weighted by Crippen LogP contribution is 2.24. The summed E-state index contributed by atoms with van der Waals surface area (Å²) in [6.07, 6.45) is 10.6. The SMILES string of the molecule is Cc1nc(NC2CC2)cc(C(=O)NCCC2=CCCCC2)n1. The van der Waals surface area contributed by atoms with E-state index in [0.29, 0.717) is 24.1 Å². The van der Waals surface area contributed by atoms with E-state index in [1.165, 1.54) is 44.1 Å². The number of aryl methyl sites for hydroxylation is 1. The molecule has 2 N–H and O–H groups in total. The number of aromatic nitrogens is 2. The van der Waals surface area contributed by atoms with Crippen LogP contribution in [0.15, 0.2) is 17.7 Å². The monoisotopic (exact) mass is 300 g/mol. The molecule has 0 unspecified atom stereocenters. The standard InChI is InChI=1S/C17H24N4O/c1-12-19-15(11-16(20-12)21-14-7-8-14)17(22)18-10-9-13-5-3-2-4-6-13/h5,11,14H,2-4,6-10H2,1H3,(H,18,22)(H,19,20,21). The third-order valence-electron chi connectivity index (χ3n) is 4.12. The van der Waals surface area contributed by atoms with Gasteiger partial charge in [-0.2, -0.15) is 0 Å². The van der Waals surface area contributed by atoms with E-state index in [4.69, 9.17) is 0 Å². The van der Waals surface area contributed by atoms with Crippen LogP contribution in [0, 0.1) is 6.92 Å². The number of carbonyl (C=O) groups excluding carboxylic acids is 1. The molecule has 1 fully saturated rings. The Hall–Kier alpha value is -1.91. The molecule has 0 spiro atoms. The van der Waals surface area contributed by atoms with Gasteiger partial charge in [-0.3, -0.25) is 4.79 Å². The van der Waals surface area contributed by atoms with Crippen LogP contribution >= 0.6 is 0 Å². The Morgan fingerprint density at radius 3 is 2.91 bits per heavy atom. The summed E-state index contributed by atoms with van der Waals surface area (Å²) in [5.74, 6) is 1.28. The quantitative estimate of drug-likeness (QED) is 0.793. The maximum Gasteiger partial charge on any atom is 0.270 e. The second-order valence-electron chi connectivity index (χ2n) is 6.22. The molecule has 2 aliphatic rings. The number of amides is 1. The Kier molecular flexibility index (Phi) is 4.71. The molecule has 1 amide bonds. The van der Waals surface area contributed by atoms with Gasteiger partial charge in [-0.25, -0.2) is 9.97 Å². The topological polar surface area (TPSA) is 66.9 Å². The number of allylic oxidation sites excluding steroid dienone is 1. The van der Waals surface area contributed by atoms with Gasteiger partial charge in [0.05, 0.1) is 0 Å². The first kappa shape index (κ1) is 15.0. The van der Waals surface area contributed by atoms with Crippen molar-refractivity contribution < 1.29 is 4.79 Å². The van der Waals surface area contributed by atoms with Gasteiger partial charge in [0, 0.05) is 18.7 Å². The minimum absolute atomic E-state index is 0.110. The molecule has 3 rings (SSSR count). The molecule has 1 aromatic heterocycles. The molecule has 0 bridgehead atoms. The van der Waals surface area contributed by atoms with Crippen LogP contribution in [0.4, 0.5) is 5.82 Å². The van der Waals surface area contributed by atoms with Gasteiger partial charge in [-0.15, -0.1) is 0 Å². The summed E-state index contributed by atoms with van der Waals surface area (Å²) in [5.41, 5.74) is 1.93. The van der Waals surface area contributed by atoms with Gasteiger partial charge in [0.2, 0.25) is 0 Å². The third-order valence-corrected chi connectivity index (χ3v) is 4.12. The molecule has 0 aromatic carbocycles. The number of hydrogen-bond donors (Lipinski definition) is 2. The number of carbonyl (C=O) groups is 1. The minimum Gasteiger partial charge on any atom is -0.367 e. The van der Waals surface area contributed by atoms with Crippen LogP contribution in [0.2, 0.25) is 0 Å². The maximum atomic E-state index is 12.2. The smallest absolute Gasteiger partial charge is 0.270 e. The lowest BCUT2D eigenvalue weighted by Crippen LogP contribution is -2.26. The average molecular weight is 300 g/mol. The first-order valence-electron chi connectivity index (χ1n) is 8.29. The lowest BCUT2D eigenvalue weighted by molar-refractivity contribution is 0.0948. The van der Waals surface area contributed by atoms with E-state index < -0.39 is 0 Å². The zero-order chi connectivity index (χ0) is 15.4. The van der Waals surface area contributed by atoms with Crippen LogP contribution in [0.25, 0.3) is 0 Å². The van der Waals surface area contributed by atoms with E-state index in [9.17, 15) is 4.79 Å². The van der Waals surface area contributed by atoms with Crippen molar-refractivity contribution in [1.82, 2.24) is 15.3 Å². The van der Waals surface area contributed by atoms with Gasteiger partial charge in [-0.1, -0.05) is 11.6 Å². The van der Waals surface area contributed by atoms with Crippen LogP contribution in [-0.2, 0) is 0 Å². The van der Waals surface area contributed by atoms with Gasteiger partial charge in [-0.05, 0) is 51.9 Å². The first-order valence-corrected chi connectivity index (χ1v) is 8.29. The van der Waals surface area contributed by atoms with Gasteiger partial charge in [0.25, 0.3) is 5.91 Å². The fourth-order valence-electron chi connectivity index (χ4n) is 2.75. The number of nitrogens with zero attached hydrogens (tertiary/aromatic N) is 2. The van der Waals surface area contributed by atoms with Crippen molar-refractivity contribution in [1.29, 1.82) is 0 Å². The average Bonchev–Trinajstić information content (AvgIpc) is 3.31. The summed E-state index contributed by atoms with van der Waals surface area (Å²) in [6, 6.07) is 2.27. The summed E-state index contributed by atoms with van der Waals surface area (Å²) in [6.45, 7) is 2.50. The van der Waals surface area contributed by atoms with Crippen LogP contribution in [0.5, 0.6) is 0 Å². The molecule has 5 heteroatoms. The van der Waals surface area contributed by atoms with Crippen molar-refractivity contribution in [3.63, 3.8) is 0 Å². The number of hydrogen-bond acceptors (Lipinski definition) is 4. The van der Waals surface area contributed by atoms with E-state index in [1.54, 1.807) is 6.07 Å². The van der Waals surface area contributed by atoms with Crippen molar-refractivity contribution >= 4 is 11.7 Å².